The van der Waals surface area contributed by atoms with Crippen LogP contribution in [0.3, 0.4) is 0 Å². The van der Waals surface area contributed by atoms with Crippen molar-refractivity contribution in [1.82, 2.24) is 10.3 Å². The number of thiocarbonyl (C=S) groups is 1. The molecule has 0 aliphatic carbocycles. The highest BCUT2D eigenvalue weighted by atomic mass is 32.1. The molecule has 6 heteroatoms. The Hall–Kier alpha value is -2.44. The van der Waals surface area contributed by atoms with Crippen molar-refractivity contribution in [2.75, 3.05) is 11.9 Å². The van der Waals surface area contributed by atoms with Crippen molar-refractivity contribution >= 4 is 44.6 Å². The maximum Gasteiger partial charge on any atom is 0.171 e. The number of phenols is 1. The number of nitrogens with zero attached hydrogens (tertiary/aromatic N) is 1. The molecule has 4 nitrogen and oxygen atoms in total. The van der Waals surface area contributed by atoms with Gasteiger partial charge in [-0.05, 0) is 49.5 Å². The Morgan fingerprint density at radius 3 is 2.83 bits per heavy atom. The molecule has 0 unspecified atom stereocenters. The zero-order valence-corrected chi connectivity index (χ0v) is 14.8. The molecule has 1 heterocycles. The van der Waals surface area contributed by atoms with Gasteiger partial charge in [0.15, 0.2) is 5.11 Å². The molecule has 0 spiro atoms. The lowest BCUT2D eigenvalue weighted by molar-refractivity contribution is 0.477. The smallest absolute Gasteiger partial charge is 0.171 e. The van der Waals surface area contributed by atoms with E-state index in [4.69, 9.17) is 12.2 Å². The number of benzene rings is 2. The molecule has 0 aliphatic rings. The van der Waals surface area contributed by atoms with E-state index in [1.807, 2.05) is 37.3 Å². The number of rotatable bonds is 4. The second-order valence-corrected chi connectivity index (χ2v) is 6.92. The lowest BCUT2D eigenvalue weighted by Crippen LogP contribution is -2.29. The summed E-state index contributed by atoms with van der Waals surface area (Å²) in [7, 11) is 0. The van der Waals surface area contributed by atoms with Gasteiger partial charge >= 0.3 is 0 Å². The Labute approximate surface area is 149 Å². The largest absolute Gasteiger partial charge is 0.507 e. The molecule has 0 saturated carbocycles. The van der Waals surface area contributed by atoms with E-state index in [0.29, 0.717) is 17.2 Å². The first-order valence-electron chi connectivity index (χ1n) is 7.41. The van der Waals surface area contributed by atoms with Gasteiger partial charge in [-0.1, -0.05) is 24.3 Å². The van der Waals surface area contributed by atoms with E-state index in [1.54, 1.807) is 23.5 Å². The molecule has 0 bridgehead atoms. The van der Waals surface area contributed by atoms with Crippen molar-refractivity contribution in [2.45, 2.75) is 6.92 Å². The van der Waals surface area contributed by atoms with Crippen LogP contribution in [0.1, 0.15) is 6.92 Å². The van der Waals surface area contributed by atoms with E-state index < -0.39 is 0 Å². The molecule has 0 radical (unpaired) electrons. The average Bonchev–Trinajstić information content (AvgIpc) is 2.98. The number of para-hydroxylation sites is 1. The minimum Gasteiger partial charge on any atom is -0.507 e. The molecule has 0 saturated heterocycles. The quantitative estimate of drug-likeness (QED) is 0.365. The van der Waals surface area contributed by atoms with E-state index in [-0.39, 0.29) is 5.75 Å². The van der Waals surface area contributed by atoms with Crippen molar-refractivity contribution in [3.8, 4) is 16.3 Å². The number of fused-ring (bicyclic) bond motifs is 1. The first-order valence-corrected chi connectivity index (χ1v) is 8.63. The van der Waals surface area contributed by atoms with E-state index in [0.717, 1.165) is 26.5 Å². The highest BCUT2D eigenvalue weighted by Crippen LogP contribution is 2.36. The molecule has 24 heavy (non-hydrogen) atoms. The minimum absolute atomic E-state index is 0.195. The summed E-state index contributed by atoms with van der Waals surface area (Å²) >= 11 is 6.81. The summed E-state index contributed by atoms with van der Waals surface area (Å²) in [5, 5.41) is 17.7. The van der Waals surface area contributed by atoms with Crippen LogP contribution < -0.4 is 10.6 Å². The number of anilines is 1. The molecule has 0 aliphatic heterocycles. The number of thiazole rings is 1. The molecular weight excluding hydrogens is 338 g/mol. The van der Waals surface area contributed by atoms with E-state index >= 15 is 0 Å². The SMILES string of the molecule is C=C(C)CNC(=S)Nc1ccc(O)c(-c2nc3ccccc3s2)c1. The third kappa shape index (κ3) is 3.72. The highest BCUT2D eigenvalue weighted by Gasteiger charge is 2.11. The van der Waals surface area contributed by atoms with Gasteiger partial charge in [0, 0.05) is 12.2 Å². The third-order valence-corrected chi connectivity index (χ3v) is 4.65. The average molecular weight is 355 g/mol. The maximum atomic E-state index is 10.2. The Morgan fingerprint density at radius 2 is 2.08 bits per heavy atom. The fraction of sp³-hybridized carbons (Fsp3) is 0.111. The Bertz CT molecular complexity index is 885. The molecule has 122 valence electrons. The number of phenolic OH excluding ortho intramolecular Hbond substituents is 1. The molecule has 1 aromatic heterocycles. The maximum absolute atomic E-state index is 10.2. The van der Waals surface area contributed by atoms with Crippen molar-refractivity contribution in [1.29, 1.82) is 0 Å². The Kier molecular flexibility index (Phi) is 4.78. The van der Waals surface area contributed by atoms with Crippen molar-refractivity contribution < 1.29 is 5.11 Å². The van der Waals surface area contributed by atoms with Gasteiger partial charge in [-0.3, -0.25) is 0 Å². The molecule has 0 atom stereocenters. The van der Waals surface area contributed by atoms with Gasteiger partial charge in [-0.2, -0.15) is 0 Å². The first-order chi connectivity index (χ1) is 11.5. The number of aromatic nitrogens is 1. The Balaban J connectivity index is 1.86. The minimum atomic E-state index is 0.195. The van der Waals surface area contributed by atoms with Gasteiger partial charge in [0.1, 0.15) is 10.8 Å². The number of hydrogen-bond donors (Lipinski definition) is 3. The lowest BCUT2D eigenvalue weighted by Gasteiger charge is -2.11. The summed E-state index contributed by atoms with van der Waals surface area (Å²) in [5.41, 5.74) is 3.40. The summed E-state index contributed by atoms with van der Waals surface area (Å²) in [6.45, 7) is 6.38. The normalized spacial score (nSPS) is 10.5. The van der Waals surface area contributed by atoms with Gasteiger partial charge in [0.05, 0.1) is 15.8 Å². The second-order valence-electron chi connectivity index (χ2n) is 5.48. The predicted octanol–water partition coefficient (Wildman–Crippen LogP) is 4.53. The monoisotopic (exact) mass is 355 g/mol. The summed E-state index contributed by atoms with van der Waals surface area (Å²) in [5.74, 6) is 0.195. The summed E-state index contributed by atoms with van der Waals surface area (Å²) < 4.78 is 1.09. The van der Waals surface area contributed by atoms with Crippen molar-refractivity contribution in [2.24, 2.45) is 0 Å². The fourth-order valence-corrected chi connectivity index (χ4v) is 3.36. The lowest BCUT2D eigenvalue weighted by atomic mass is 10.2. The first kappa shape index (κ1) is 16.4. The van der Waals surface area contributed by atoms with Gasteiger partial charge in [-0.25, -0.2) is 4.98 Å². The fourth-order valence-electron chi connectivity index (χ4n) is 2.18. The molecule has 3 aromatic rings. The number of hydrogen-bond acceptors (Lipinski definition) is 4. The molecule has 0 amide bonds. The third-order valence-electron chi connectivity index (χ3n) is 3.33. The molecule has 2 aromatic carbocycles. The van der Waals surface area contributed by atoms with Gasteiger partial charge in [-0.15, -0.1) is 11.3 Å². The predicted molar refractivity (Wildman–Crippen MR) is 106 cm³/mol. The topological polar surface area (TPSA) is 57.2 Å². The van der Waals surface area contributed by atoms with Crippen LogP contribution in [0.5, 0.6) is 5.75 Å². The molecule has 3 rings (SSSR count). The zero-order chi connectivity index (χ0) is 17.1. The Morgan fingerprint density at radius 1 is 1.29 bits per heavy atom. The van der Waals surface area contributed by atoms with Crippen LogP contribution in [0.2, 0.25) is 0 Å². The highest BCUT2D eigenvalue weighted by molar-refractivity contribution is 7.80. The van der Waals surface area contributed by atoms with Gasteiger partial charge < -0.3 is 15.7 Å². The van der Waals surface area contributed by atoms with Crippen LogP contribution in [0.25, 0.3) is 20.8 Å². The number of nitrogens with one attached hydrogen (secondary N) is 2. The standard InChI is InChI=1S/C18H17N3OS2/c1-11(2)10-19-18(23)20-12-7-8-15(22)13(9-12)17-21-14-5-3-4-6-16(14)24-17/h3-9,22H,1,10H2,2H3,(H2,19,20,23). The summed E-state index contributed by atoms with van der Waals surface area (Å²) in [4.78, 5) is 4.59. The van der Waals surface area contributed by atoms with Crippen LogP contribution in [-0.2, 0) is 0 Å². The zero-order valence-electron chi connectivity index (χ0n) is 13.2. The molecule has 0 fully saturated rings. The summed E-state index contributed by atoms with van der Waals surface area (Å²) in [6.07, 6.45) is 0. The van der Waals surface area contributed by atoms with Crippen LogP contribution in [0, 0.1) is 0 Å². The summed E-state index contributed by atoms with van der Waals surface area (Å²) in [6, 6.07) is 13.2. The molecule has 3 N–H and O–H groups in total. The van der Waals surface area contributed by atoms with Crippen molar-refractivity contribution in [3.63, 3.8) is 0 Å². The van der Waals surface area contributed by atoms with E-state index in [9.17, 15) is 5.11 Å². The van der Waals surface area contributed by atoms with Crippen LogP contribution in [0.15, 0.2) is 54.6 Å². The van der Waals surface area contributed by atoms with E-state index in [1.165, 1.54) is 0 Å². The van der Waals surface area contributed by atoms with Crippen LogP contribution in [-0.4, -0.2) is 21.7 Å². The van der Waals surface area contributed by atoms with Crippen LogP contribution >= 0.6 is 23.6 Å². The van der Waals surface area contributed by atoms with Crippen LogP contribution in [0.4, 0.5) is 5.69 Å². The van der Waals surface area contributed by atoms with E-state index in [2.05, 4.69) is 22.2 Å². The van der Waals surface area contributed by atoms with Gasteiger partial charge in [0.25, 0.3) is 0 Å². The van der Waals surface area contributed by atoms with Crippen molar-refractivity contribution in [3.05, 3.63) is 54.6 Å². The number of aromatic hydroxyl groups is 1. The van der Waals surface area contributed by atoms with Gasteiger partial charge in [0.2, 0.25) is 0 Å². The second kappa shape index (κ2) is 6.98. The molecular formula is C18H17N3OS2.